The molecule has 0 aliphatic heterocycles. The fourth-order valence-corrected chi connectivity index (χ4v) is 1.93. The van der Waals surface area contributed by atoms with E-state index in [9.17, 15) is 8.78 Å². The second-order valence-corrected chi connectivity index (χ2v) is 4.30. The molecule has 0 bridgehead atoms. The number of benzene rings is 1. The molecule has 0 fully saturated rings. The second kappa shape index (κ2) is 5.50. The van der Waals surface area contributed by atoms with Crippen LogP contribution in [0.15, 0.2) is 34.7 Å². The van der Waals surface area contributed by atoms with Crippen molar-refractivity contribution in [2.45, 2.75) is 12.5 Å². The van der Waals surface area contributed by atoms with Gasteiger partial charge < -0.3 is 9.73 Å². The van der Waals surface area contributed by atoms with Crippen LogP contribution in [0, 0.1) is 11.6 Å². The minimum atomic E-state index is -0.460. The summed E-state index contributed by atoms with van der Waals surface area (Å²) in [5.74, 6) is -0.306. The van der Waals surface area contributed by atoms with Crippen molar-refractivity contribution in [2.75, 3.05) is 7.05 Å². The third-order valence-electron chi connectivity index (χ3n) is 2.72. The normalized spacial score (nSPS) is 12.7. The molecule has 1 heterocycles. The summed E-state index contributed by atoms with van der Waals surface area (Å²) in [6.45, 7) is 0. The number of rotatable bonds is 4. The van der Waals surface area contributed by atoms with Crippen LogP contribution in [0.4, 0.5) is 8.78 Å². The predicted octanol–water partition coefficient (Wildman–Crippen LogP) is 3.71. The highest BCUT2D eigenvalue weighted by atomic mass is 35.5. The lowest BCUT2D eigenvalue weighted by Gasteiger charge is -2.14. The zero-order chi connectivity index (χ0) is 13.1. The zero-order valence-corrected chi connectivity index (χ0v) is 10.5. The molecular formula is C13H12ClF2NO. The molecular weight excluding hydrogens is 260 g/mol. The first-order valence-electron chi connectivity index (χ1n) is 5.46. The van der Waals surface area contributed by atoms with Gasteiger partial charge in [-0.15, -0.1) is 0 Å². The van der Waals surface area contributed by atoms with Crippen LogP contribution in [-0.2, 0) is 6.42 Å². The molecule has 0 radical (unpaired) electrons. The third-order valence-corrected chi connectivity index (χ3v) is 2.92. The van der Waals surface area contributed by atoms with Crippen LogP contribution in [-0.4, -0.2) is 7.05 Å². The molecule has 1 aromatic heterocycles. The van der Waals surface area contributed by atoms with Crippen LogP contribution >= 0.6 is 11.6 Å². The van der Waals surface area contributed by atoms with Crippen LogP contribution in [0.25, 0.3) is 0 Å². The van der Waals surface area contributed by atoms with Gasteiger partial charge in [0.1, 0.15) is 17.4 Å². The van der Waals surface area contributed by atoms with Gasteiger partial charge in [-0.2, -0.15) is 0 Å². The highest BCUT2D eigenvalue weighted by Gasteiger charge is 2.16. The smallest absolute Gasteiger partial charge is 0.193 e. The number of hydrogen-bond acceptors (Lipinski definition) is 2. The Morgan fingerprint density at radius 3 is 2.67 bits per heavy atom. The van der Waals surface area contributed by atoms with Gasteiger partial charge >= 0.3 is 0 Å². The largest absolute Gasteiger partial charge is 0.448 e. The van der Waals surface area contributed by atoms with Crippen LogP contribution in [0.2, 0.25) is 5.22 Å². The fraction of sp³-hybridized carbons (Fsp3) is 0.231. The third kappa shape index (κ3) is 2.89. The summed E-state index contributed by atoms with van der Waals surface area (Å²) in [5.41, 5.74) is 0.293. The summed E-state index contributed by atoms with van der Waals surface area (Å²) in [7, 11) is 1.72. The monoisotopic (exact) mass is 271 g/mol. The van der Waals surface area contributed by atoms with E-state index in [1.165, 1.54) is 6.07 Å². The quantitative estimate of drug-likeness (QED) is 0.917. The molecule has 0 aliphatic rings. The first-order chi connectivity index (χ1) is 8.60. The number of halogens is 3. The second-order valence-electron chi connectivity index (χ2n) is 3.92. The van der Waals surface area contributed by atoms with Gasteiger partial charge in [-0.3, -0.25) is 0 Å². The Morgan fingerprint density at radius 1 is 1.28 bits per heavy atom. The molecule has 1 unspecified atom stereocenters. The van der Waals surface area contributed by atoms with Crippen molar-refractivity contribution in [3.8, 4) is 0 Å². The van der Waals surface area contributed by atoms with E-state index in [0.29, 0.717) is 11.3 Å². The molecule has 96 valence electrons. The Labute approximate surface area is 109 Å². The Balaban J connectivity index is 2.22. The van der Waals surface area contributed by atoms with Crippen LogP contribution in [0.3, 0.4) is 0 Å². The summed E-state index contributed by atoms with van der Waals surface area (Å²) >= 11 is 5.69. The molecule has 1 aromatic carbocycles. The Bertz CT molecular complexity index is 542. The molecule has 2 aromatic rings. The van der Waals surface area contributed by atoms with Crippen LogP contribution in [0.1, 0.15) is 17.4 Å². The molecule has 0 aliphatic carbocycles. The van der Waals surface area contributed by atoms with Crippen molar-refractivity contribution in [1.29, 1.82) is 0 Å². The number of furan rings is 1. The van der Waals surface area contributed by atoms with Gasteiger partial charge in [-0.25, -0.2) is 8.78 Å². The Morgan fingerprint density at radius 2 is 2.06 bits per heavy atom. The van der Waals surface area contributed by atoms with Gasteiger partial charge in [-0.1, -0.05) is 0 Å². The molecule has 2 rings (SSSR count). The maximum atomic E-state index is 13.5. The van der Waals surface area contributed by atoms with Crippen molar-refractivity contribution in [3.05, 3.63) is 58.5 Å². The lowest BCUT2D eigenvalue weighted by molar-refractivity contribution is 0.425. The molecule has 0 amide bonds. The molecule has 18 heavy (non-hydrogen) atoms. The molecule has 0 saturated heterocycles. The predicted molar refractivity (Wildman–Crippen MR) is 65.6 cm³/mol. The van der Waals surface area contributed by atoms with E-state index < -0.39 is 11.6 Å². The van der Waals surface area contributed by atoms with Gasteiger partial charge in [0.25, 0.3) is 0 Å². The lowest BCUT2D eigenvalue weighted by atomic mass is 10.0. The molecule has 1 N–H and O–H groups in total. The molecule has 0 saturated carbocycles. The Kier molecular flexibility index (Phi) is 3.99. The SMILES string of the molecule is CNC(Cc1cc(F)ccc1F)c1ccc(Cl)o1. The standard InChI is InChI=1S/C13H12ClF2NO/c1-17-11(12-4-5-13(14)18-12)7-8-6-9(15)2-3-10(8)16/h2-6,11,17H,7H2,1H3. The number of nitrogens with one attached hydrogen (secondary N) is 1. The fourth-order valence-electron chi connectivity index (χ4n) is 1.78. The first kappa shape index (κ1) is 13.1. The van der Waals surface area contributed by atoms with E-state index in [0.717, 1.165) is 12.1 Å². The summed E-state index contributed by atoms with van der Waals surface area (Å²) < 4.78 is 31.9. The van der Waals surface area contributed by atoms with Crippen molar-refractivity contribution in [3.63, 3.8) is 0 Å². The Hall–Kier alpha value is -1.39. The average Bonchev–Trinajstić information content (AvgIpc) is 2.77. The van der Waals surface area contributed by atoms with Gasteiger partial charge in [0.2, 0.25) is 0 Å². The van der Waals surface area contributed by atoms with E-state index in [1.54, 1.807) is 19.2 Å². The van der Waals surface area contributed by atoms with Crippen molar-refractivity contribution < 1.29 is 13.2 Å². The summed E-state index contributed by atoms with van der Waals surface area (Å²) in [6.07, 6.45) is 0.282. The topological polar surface area (TPSA) is 25.2 Å². The molecule has 2 nitrogen and oxygen atoms in total. The number of likely N-dealkylation sites (N-methyl/N-ethyl adjacent to an activating group) is 1. The van der Waals surface area contributed by atoms with Crippen LogP contribution < -0.4 is 5.32 Å². The van der Waals surface area contributed by atoms with E-state index >= 15 is 0 Å². The highest BCUT2D eigenvalue weighted by molar-refractivity contribution is 6.28. The summed E-state index contributed by atoms with van der Waals surface area (Å²) in [5, 5.41) is 3.25. The van der Waals surface area contributed by atoms with Crippen molar-refractivity contribution >= 4 is 11.6 Å². The van der Waals surface area contributed by atoms with Gasteiger partial charge in [0, 0.05) is 0 Å². The van der Waals surface area contributed by atoms with Crippen molar-refractivity contribution in [2.24, 2.45) is 0 Å². The minimum absolute atomic E-state index is 0.256. The van der Waals surface area contributed by atoms with E-state index in [-0.39, 0.29) is 17.7 Å². The van der Waals surface area contributed by atoms with E-state index in [2.05, 4.69) is 5.32 Å². The summed E-state index contributed by atoms with van der Waals surface area (Å²) in [6, 6.07) is 6.46. The molecule has 1 atom stereocenters. The lowest BCUT2D eigenvalue weighted by Crippen LogP contribution is -2.18. The summed E-state index contributed by atoms with van der Waals surface area (Å²) in [4.78, 5) is 0. The highest BCUT2D eigenvalue weighted by Crippen LogP contribution is 2.24. The average molecular weight is 272 g/mol. The maximum absolute atomic E-state index is 13.5. The van der Waals surface area contributed by atoms with Gasteiger partial charge in [0.15, 0.2) is 5.22 Å². The molecule has 5 heteroatoms. The van der Waals surface area contributed by atoms with Gasteiger partial charge in [-0.05, 0) is 61.0 Å². The van der Waals surface area contributed by atoms with Crippen molar-refractivity contribution in [1.82, 2.24) is 5.32 Å². The first-order valence-corrected chi connectivity index (χ1v) is 5.84. The molecule has 0 spiro atoms. The number of hydrogen-bond donors (Lipinski definition) is 1. The van der Waals surface area contributed by atoms with E-state index in [4.69, 9.17) is 16.0 Å². The maximum Gasteiger partial charge on any atom is 0.193 e. The van der Waals surface area contributed by atoms with E-state index in [1.807, 2.05) is 0 Å². The zero-order valence-electron chi connectivity index (χ0n) is 9.71. The van der Waals surface area contributed by atoms with Crippen LogP contribution in [0.5, 0.6) is 0 Å². The van der Waals surface area contributed by atoms with Gasteiger partial charge in [0.05, 0.1) is 6.04 Å². The minimum Gasteiger partial charge on any atom is -0.448 e.